The van der Waals surface area contributed by atoms with Crippen LogP contribution in [-0.4, -0.2) is 19.5 Å². The number of aromatic nitrogens is 4. The summed E-state index contributed by atoms with van der Waals surface area (Å²) >= 11 is 9.46. The summed E-state index contributed by atoms with van der Waals surface area (Å²) in [5.41, 5.74) is 7.85. The zero-order valence-electron chi connectivity index (χ0n) is 9.01. The summed E-state index contributed by atoms with van der Waals surface area (Å²) in [6, 6.07) is 7.65. The van der Waals surface area contributed by atoms with Crippen molar-refractivity contribution in [3.8, 4) is 5.69 Å². The molecule has 0 unspecified atom stereocenters. The maximum absolute atomic E-state index is 6.08. The minimum atomic E-state index is 0.326. The molecule has 0 atom stereocenters. The molecule has 0 saturated heterocycles. The Morgan fingerprint density at radius 2 is 1.89 bits per heavy atom. The third-order valence-corrected chi connectivity index (χ3v) is 3.32. The molecule has 0 aliphatic heterocycles. The fraction of sp³-hybridized carbons (Fsp3) is 0. The molecule has 5 nitrogen and oxygen atoms in total. The molecule has 0 saturated carbocycles. The van der Waals surface area contributed by atoms with Crippen molar-refractivity contribution in [3.63, 3.8) is 0 Å². The van der Waals surface area contributed by atoms with Crippen LogP contribution in [0.5, 0.6) is 0 Å². The monoisotopic (exact) mass is 323 g/mol. The van der Waals surface area contributed by atoms with Crippen molar-refractivity contribution in [1.82, 2.24) is 19.5 Å². The SMILES string of the molecule is Nc1nc2ncnc(Cl)c2n1-c1ccc(Br)cc1. The van der Waals surface area contributed by atoms with E-state index in [1.54, 1.807) is 4.57 Å². The number of hydrogen-bond donors (Lipinski definition) is 1. The third kappa shape index (κ3) is 1.74. The van der Waals surface area contributed by atoms with Crippen LogP contribution in [0.15, 0.2) is 35.1 Å². The Labute approximate surface area is 116 Å². The first kappa shape index (κ1) is 11.4. The van der Waals surface area contributed by atoms with Gasteiger partial charge in [-0.2, -0.15) is 4.98 Å². The van der Waals surface area contributed by atoms with Gasteiger partial charge in [-0.15, -0.1) is 0 Å². The second-order valence-electron chi connectivity index (χ2n) is 3.62. The number of halogens is 2. The van der Waals surface area contributed by atoms with E-state index in [2.05, 4.69) is 30.9 Å². The van der Waals surface area contributed by atoms with Crippen molar-refractivity contribution < 1.29 is 0 Å². The number of benzene rings is 1. The van der Waals surface area contributed by atoms with Crippen LogP contribution in [0.25, 0.3) is 16.9 Å². The van der Waals surface area contributed by atoms with E-state index in [1.807, 2.05) is 24.3 Å². The largest absolute Gasteiger partial charge is 0.369 e. The van der Waals surface area contributed by atoms with Gasteiger partial charge < -0.3 is 5.73 Å². The topological polar surface area (TPSA) is 69.6 Å². The van der Waals surface area contributed by atoms with Crippen LogP contribution in [0, 0.1) is 0 Å². The van der Waals surface area contributed by atoms with Crippen molar-refractivity contribution in [1.29, 1.82) is 0 Å². The van der Waals surface area contributed by atoms with Crippen LogP contribution in [0.2, 0.25) is 5.15 Å². The predicted molar refractivity (Wildman–Crippen MR) is 73.8 cm³/mol. The number of hydrogen-bond acceptors (Lipinski definition) is 4. The molecule has 1 aromatic carbocycles. The summed E-state index contributed by atoms with van der Waals surface area (Å²) in [5, 5.41) is 0.326. The van der Waals surface area contributed by atoms with E-state index in [0.29, 0.717) is 22.3 Å². The molecule has 0 bridgehead atoms. The summed E-state index contributed by atoms with van der Waals surface area (Å²) in [6.07, 6.45) is 1.36. The van der Waals surface area contributed by atoms with Gasteiger partial charge >= 0.3 is 0 Å². The summed E-state index contributed by atoms with van der Waals surface area (Å²) < 4.78 is 2.71. The Morgan fingerprint density at radius 3 is 2.61 bits per heavy atom. The molecule has 3 aromatic rings. The minimum absolute atomic E-state index is 0.326. The van der Waals surface area contributed by atoms with Crippen LogP contribution in [0.4, 0.5) is 5.95 Å². The van der Waals surface area contributed by atoms with E-state index in [-0.39, 0.29) is 0 Å². The fourth-order valence-corrected chi connectivity index (χ4v) is 2.22. The Morgan fingerprint density at radius 1 is 1.17 bits per heavy atom. The lowest BCUT2D eigenvalue weighted by molar-refractivity contribution is 1.10. The highest BCUT2D eigenvalue weighted by Crippen LogP contribution is 2.26. The minimum Gasteiger partial charge on any atom is -0.369 e. The molecule has 0 radical (unpaired) electrons. The highest BCUT2D eigenvalue weighted by atomic mass is 79.9. The smallest absolute Gasteiger partial charge is 0.207 e. The lowest BCUT2D eigenvalue weighted by Gasteiger charge is -2.06. The van der Waals surface area contributed by atoms with Gasteiger partial charge in [0, 0.05) is 10.2 Å². The summed E-state index contributed by atoms with van der Waals surface area (Å²) in [6.45, 7) is 0. The molecule has 0 aliphatic carbocycles. The highest BCUT2D eigenvalue weighted by Gasteiger charge is 2.14. The zero-order chi connectivity index (χ0) is 12.7. The Kier molecular flexibility index (Phi) is 2.68. The summed E-state index contributed by atoms with van der Waals surface area (Å²) in [7, 11) is 0. The van der Waals surface area contributed by atoms with Crippen LogP contribution in [0.1, 0.15) is 0 Å². The standard InChI is InChI=1S/C11H7BrClN5/c12-6-1-3-7(4-2-6)18-8-9(13)15-5-16-10(8)17-11(18)14/h1-5H,(H2,14,15,16,17). The quantitative estimate of drug-likeness (QED) is 0.699. The van der Waals surface area contributed by atoms with Gasteiger partial charge in [-0.3, -0.25) is 4.57 Å². The van der Waals surface area contributed by atoms with Crippen LogP contribution in [0.3, 0.4) is 0 Å². The molecule has 2 heterocycles. The second-order valence-corrected chi connectivity index (χ2v) is 4.89. The molecule has 0 aliphatic rings. The number of imidazole rings is 1. The third-order valence-electron chi connectivity index (χ3n) is 2.52. The van der Waals surface area contributed by atoms with Crippen LogP contribution in [-0.2, 0) is 0 Å². The number of nitrogens with two attached hydrogens (primary N) is 1. The zero-order valence-corrected chi connectivity index (χ0v) is 11.4. The molecular weight excluding hydrogens is 318 g/mol. The number of fused-ring (bicyclic) bond motifs is 1. The molecular formula is C11H7BrClN5. The molecule has 7 heteroatoms. The van der Waals surface area contributed by atoms with Gasteiger partial charge in [-0.05, 0) is 24.3 Å². The van der Waals surface area contributed by atoms with Crippen molar-refractivity contribution >= 4 is 44.6 Å². The van der Waals surface area contributed by atoms with Crippen molar-refractivity contribution in [2.45, 2.75) is 0 Å². The first-order chi connectivity index (χ1) is 8.66. The van der Waals surface area contributed by atoms with Crippen LogP contribution >= 0.6 is 27.5 Å². The number of nitrogen functional groups attached to an aromatic ring is 1. The maximum Gasteiger partial charge on any atom is 0.207 e. The first-order valence-electron chi connectivity index (χ1n) is 5.07. The van der Waals surface area contributed by atoms with E-state index in [9.17, 15) is 0 Å². The van der Waals surface area contributed by atoms with Gasteiger partial charge in [-0.1, -0.05) is 27.5 Å². The predicted octanol–water partition coefficient (Wildman–Crippen LogP) is 2.81. The molecule has 2 aromatic heterocycles. The van der Waals surface area contributed by atoms with E-state index < -0.39 is 0 Å². The summed E-state index contributed by atoms with van der Waals surface area (Å²) in [5.74, 6) is 0.328. The van der Waals surface area contributed by atoms with Gasteiger partial charge in [0.05, 0.1) is 0 Å². The number of nitrogens with zero attached hydrogens (tertiary/aromatic N) is 4. The van der Waals surface area contributed by atoms with Gasteiger partial charge in [0.15, 0.2) is 10.8 Å². The first-order valence-corrected chi connectivity index (χ1v) is 6.24. The normalized spacial score (nSPS) is 11.0. The molecule has 18 heavy (non-hydrogen) atoms. The van der Waals surface area contributed by atoms with E-state index in [0.717, 1.165) is 10.2 Å². The second kappa shape index (κ2) is 4.22. The fourth-order valence-electron chi connectivity index (χ4n) is 1.75. The number of anilines is 1. The molecule has 90 valence electrons. The van der Waals surface area contributed by atoms with Gasteiger partial charge in [-0.25, -0.2) is 9.97 Å². The van der Waals surface area contributed by atoms with Crippen LogP contribution < -0.4 is 5.73 Å². The molecule has 0 amide bonds. The van der Waals surface area contributed by atoms with E-state index in [1.165, 1.54) is 6.33 Å². The molecule has 3 rings (SSSR count). The summed E-state index contributed by atoms with van der Waals surface area (Å²) in [4.78, 5) is 12.2. The van der Waals surface area contributed by atoms with E-state index in [4.69, 9.17) is 17.3 Å². The Balaban J connectivity index is 2.34. The molecule has 2 N–H and O–H groups in total. The van der Waals surface area contributed by atoms with Crippen molar-refractivity contribution in [2.75, 3.05) is 5.73 Å². The number of rotatable bonds is 1. The van der Waals surface area contributed by atoms with Crippen molar-refractivity contribution in [3.05, 3.63) is 40.2 Å². The Hall–Kier alpha value is -1.66. The lowest BCUT2D eigenvalue weighted by Crippen LogP contribution is -2.00. The lowest BCUT2D eigenvalue weighted by atomic mass is 10.3. The van der Waals surface area contributed by atoms with Gasteiger partial charge in [0.1, 0.15) is 11.8 Å². The maximum atomic E-state index is 6.08. The average Bonchev–Trinajstić information content (AvgIpc) is 2.68. The van der Waals surface area contributed by atoms with Gasteiger partial charge in [0.25, 0.3) is 0 Å². The Bertz CT molecular complexity index is 722. The van der Waals surface area contributed by atoms with E-state index >= 15 is 0 Å². The highest BCUT2D eigenvalue weighted by molar-refractivity contribution is 9.10. The molecule has 0 fully saturated rings. The van der Waals surface area contributed by atoms with Gasteiger partial charge in [0.2, 0.25) is 5.95 Å². The van der Waals surface area contributed by atoms with Crippen molar-refractivity contribution in [2.24, 2.45) is 0 Å². The molecule has 0 spiro atoms. The average molecular weight is 325 g/mol.